The second kappa shape index (κ2) is 10.5. The predicted molar refractivity (Wildman–Crippen MR) is 124 cm³/mol. The summed E-state index contributed by atoms with van der Waals surface area (Å²) in [5.74, 6) is -0.165. The zero-order chi connectivity index (χ0) is 24.1. The molecule has 10 nitrogen and oxygen atoms in total. The molecule has 1 aliphatic rings. The zero-order valence-corrected chi connectivity index (χ0v) is 18.9. The van der Waals surface area contributed by atoms with E-state index in [1.165, 1.54) is 17.2 Å². The van der Waals surface area contributed by atoms with Crippen molar-refractivity contribution < 1.29 is 23.4 Å². The number of amides is 1. The molecule has 1 fully saturated rings. The smallest absolute Gasteiger partial charge is 0.353 e. The molecular weight excluding hydrogens is 463 g/mol. The maximum Gasteiger partial charge on any atom is 0.353 e. The second-order valence-electron chi connectivity index (χ2n) is 7.35. The van der Waals surface area contributed by atoms with E-state index < -0.39 is 24.6 Å². The van der Waals surface area contributed by atoms with Crippen molar-refractivity contribution in [2.24, 2.45) is 0 Å². The normalized spacial score (nSPS) is 21.7. The molecule has 12 heteroatoms. The average molecular weight is 485 g/mol. The highest BCUT2D eigenvalue weighted by atomic mass is 32.1. The average Bonchev–Trinajstić information content (AvgIpc) is 3.41. The summed E-state index contributed by atoms with van der Waals surface area (Å²) in [7, 11) is 0. The maximum absolute atomic E-state index is 15.5. The largest absolute Gasteiger partial charge is 0.449 e. The molecule has 176 valence electrons. The second-order valence-corrected chi connectivity index (χ2v) is 7.68. The van der Waals surface area contributed by atoms with Crippen LogP contribution >= 0.6 is 12.2 Å². The first-order chi connectivity index (χ1) is 16.5. The Morgan fingerprint density at radius 2 is 2.12 bits per heavy atom. The van der Waals surface area contributed by atoms with Crippen molar-refractivity contribution in [3.05, 3.63) is 60.0 Å². The number of hydrogen-bond acceptors (Lipinski definition) is 8. The van der Waals surface area contributed by atoms with Gasteiger partial charge in [0.15, 0.2) is 42.1 Å². The summed E-state index contributed by atoms with van der Waals surface area (Å²) in [6.45, 7) is 8.79. The van der Waals surface area contributed by atoms with E-state index in [0.29, 0.717) is 12.0 Å². The number of alkyl halides is 1. The number of thiocarbonyl (C=S) groups is 1. The van der Waals surface area contributed by atoms with Gasteiger partial charge in [0.2, 0.25) is 6.54 Å². The van der Waals surface area contributed by atoms with Crippen molar-refractivity contribution in [3.63, 3.8) is 0 Å². The van der Waals surface area contributed by atoms with Crippen LogP contribution in [0.4, 0.5) is 10.2 Å². The highest BCUT2D eigenvalue weighted by Crippen LogP contribution is 2.37. The molecule has 0 spiro atoms. The van der Waals surface area contributed by atoms with Gasteiger partial charge < -0.3 is 24.4 Å². The molecule has 34 heavy (non-hydrogen) atoms. The minimum absolute atomic E-state index is 0.0631. The Bertz CT molecular complexity index is 1220. The molecule has 3 heterocycles. The van der Waals surface area contributed by atoms with E-state index in [2.05, 4.69) is 25.1 Å². The Morgan fingerprint density at radius 3 is 2.85 bits per heavy atom. The lowest BCUT2D eigenvalue weighted by Crippen LogP contribution is -2.34. The summed E-state index contributed by atoms with van der Waals surface area (Å²) in [5.41, 5.74) is 1.03. The molecular formula is C22H21FN6O4S. The molecule has 4 atom stereocenters. The van der Waals surface area contributed by atoms with E-state index in [1.807, 2.05) is 13.0 Å². The van der Waals surface area contributed by atoms with E-state index in [9.17, 15) is 4.79 Å². The summed E-state index contributed by atoms with van der Waals surface area (Å²) < 4.78 is 33.5. The van der Waals surface area contributed by atoms with Crippen molar-refractivity contribution in [2.45, 2.75) is 38.0 Å². The molecule has 0 aliphatic carbocycles. The van der Waals surface area contributed by atoms with Crippen molar-refractivity contribution >= 4 is 40.3 Å². The van der Waals surface area contributed by atoms with Gasteiger partial charge in [-0.2, -0.15) is 0 Å². The summed E-state index contributed by atoms with van der Waals surface area (Å²) >= 11 is 5.02. The fourth-order valence-corrected chi connectivity index (χ4v) is 3.80. The van der Waals surface area contributed by atoms with Gasteiger partial charge in [0.1, 0.15) is 12.4 Å². The van der Waals surface area contributed by atoms with Gasteiger partial charge >= 0.3 is 5.24 Å². The molecule has 1 saturated heterocycles. The lowest BCUT2D eigenvalue weighted by atomic mass is 10.1. The highest BCUT2D eigenvalue weighted by molar-refractivity contribution is 7.79. The predicted octanol–water partition coefficient (Wildman–Crippen LogP) is 3.33. The molecule has 0 unspecified atom stereocenters. The third-order valence-electron chi connectivity index (χ3n) is 5.23. The Morgan fingerprint density at radius 1 is 1.32 bits per heavy atom. The van der Waals surface area contributed by atoms with Gasteiger partial charge in [-0.25, -0.2) is 25.9 Å². The summed E-state index contributed by atoms with van der Waals surface area (Å²) in [6.07, 6.45) is -1.19. The number of hydrogen-bond donors (Lipinski definition) is 1. The Labute approximate surface area is 199 Å². The minimum atomic E-state index is -1.61. The van der Waals surface area contributed by atoms with E-state index in [-0.39, 0.29) is 41.3 Å². The number of rotatable bonds is 7. The number of halogens is 1. The van der Waals surface area contributed by atoms with Crippen LogP contribution in [0.1, 0.15) is 29.9 Å². The van der Waals surface area contributed by atoms with Crippen molar-refractivity contribution in [1.29, 1.82) is 0 Å². The number of anilines is 1. The quantitative estimate of drug-likeness (QED) is 0.309. The monoisotopic (exact) mass is 484 g/mol. The number of imidazole rings is 1. The number of fused-ring (bicyclic) bond motifs is 1. The van der Waals surface area contributed by atoms with Crippen LogP contribution in [0, 0.1) is 6.57 Å². The number of benzene rings is 1. The SMILES string of the molecule is [C-]#[N+]CCOC(=S)O[C@H]1[C@@H](F)[C@H](n2cnc3c(NC(=O)c4ccccc4)ncnc32)O[C@@H]1CC. The minimum Gasteiger partial charge on any atom is -0.449 e. The first kappa shape index (κ1) is 23.5. The number of nitrogens with zero attached hydrogens (tertiary/aromatic N) is 5. The van der Waals surface area contributed by atoms with Crippen LogP contribution in [0.25, 0.3) is 16.0 Å². The molecule has 1 N–H and O–H groups in total. The number of carbonyl (C=O) groups is 1. The third-order valence-corrected chi connectivity index (χ3v) is 5.44. The van der Waals surface area contributed by atoms with E-state index in [4.69, 9.17) is 33.0 Å². The van der Waals surface area contributed by atoms with Gasteiger partial charge in [-0.1, -0.05) is 25.1 Å². The summed E-state index contributed by atoms with van der Waals surface area (Å²) in [6, 6.07) is 8.66. The van der Waals surface area contributed by atoms with Gasteiger partial charge in [0.25, 0.3) is 5.91 Å². The van der Waals surface area contributed by atoms with Gasteiger partial charge in [0.05, 0.1) is 6.33 Å². The molecule has 0 bridgehead atoms. The van der Waals surface area contributed by atoms with Crippen LogP contribution in [-0.2, 0) is 14.2 Å². The molecule has 1 aromatic carbocycles. The number of carbonyl (C=O) groups excluding carboxylic acids is 1. The summed E-state index contributed by atoms with van der Waals surface area (Å²) in [4.78, 5) is 28.3. The standard InChI is InChI=1S/C22H21FN6O4S/c1-3-14-17(33-22(34)31-10-9-24-2)15(23)21(32-14)29-12-27-16-18(25-11-26-19(16)29)28-20(30)13-7-5-4-6-8-13/h4-8,11-12,14-15,17,21H,3,9-10H2,1H3,(H,25,26,28,30)/t14-,15-,17-,21-/m1/s1. The van der Waals surface area contributed by atoms with Crippen molar-refractivity contribution in [2.75, 3.05) is 18.5 Å². The molecule has 1 aliphatic heterocycles. The maximum atomic E-state index is 15.5. The van der Waals surface area contributed by atoms with Crippen LogP contribution in [-0.4, -0.2) is 62.2 Å². The van der Waals surface area contributed by atoms with Crippen LogP contribution in [0.2, 0.25) is 0 Å². The molecule has 1 amide bonds. The van der Waals surface area contributed by atoms with Gasteiger partial charge in [-0.15, -0.1) is 0 Å². The fourth-order valence-electron chi connectivity index (χ4n) is 3.61. The molecule has 4 rings (SSSR count). The van der Waals surface area contributed by atoms with Crippen LogP contribution in [0.5, 0.6) is 0 Å². The number of nitrogens with one attached hydrogen (secondary N) is 1. The fraction of sp³-hybridized carbons (Fsp3) is 0.364. The Kier molecular flexibility index (Phi) is 7.24. The number of ether oxygens (including phenoxy) is 3. The summed E-state index contributed by atoms with van der Waals surface area (Å²) in [5, 5.41) is 2.48. The molecule has 0 radical (unpaired) electrons. The van der Waals surface area contributed by atoms with Crippen LogP contribution in [0.3, 0.4) is 0 Å². The molecule has 0 saturated carbocycles. The Hall–Kier alpha value is -3.69. The van der Waals surface area contributed by atoms with E-state index >= 15 is 4.39 Å². The molecule has 3 aromatic rings. The van der Waals surface area contributed by atoms with Crippen molar-refractivity contribution in [3.8, 4) is 0 Å². The molecule has 2 aromatic heterocycles. The van der Waals surface area contributed by atoms with Crippen LogP contribution in [0.15, 0.2) is 43.0 Å². The first-order valence-electron chi connectivity index (χ1n) is 10.5. The van der Waals surface area contributed by atoms with Crippen LogP contribution < -0.4 is 5.32 Å². The van der Waals surface area contributed by atoms with Gasteiger partial charge in [0, 0.05) is 17.8 Å². The highest BCUT2D eigenvalue weighted by Gasteiger charge is 2.48. The number of aromatic nitrogens is 4. The zero-order valence-electron chi connectivity index (χ0n) is 18.1. The first-order valence-corrected chi connectivity index (χ1v) is 10.9. The van der Waals surface area contributed by atoms with Gasteiger partial charge in [-0.05, 0) is 18.6 Å². The van der Waals surface area contributed by atoms with Gasteiger partial charge in [-0.3, -0.25) is 9.36 Å². The Balaban J connectivity index is 1.54. The topological polar surface area (TPSA) is 105 Å². The van der Waals surface area contributed by atoms with Crippen molar-refractivity contribution in [1.82, 2.24) is 19.5 Å². The lowest BCUT2D eigenvalue weighted by Gasteiger charge is -2.19. The van der Waals surface area contributed by atoms with E-state index in [1.54, 1.807) is 24.3 Å². The van der Waals surface area contributed by atoms with E-state index in [0.717, 1.165) is 0 Å². The lowest BCUT2D eigenvalue weighted by molar-refractivity contribution is -0.0246. The third kappa shape index (κ3) is 4.80.